The first-order valence-corrected chi connectivity index (χ1v) is 4.57. The topological polar surface area (TPSA) is 52.6 Å². The van der Waals surface area contributed by atoms with Gasteiger partial charge < -0.3 is 9.47 Å². The molecule has 0 fully saturated rings. The van der Waals surface area contributed by atoms with Crippen LogP contribution in [0.1, 0.15) is 19.8 Å². The SMILES string of the molecule is COC(=O)CCC(C)(Br)C(=O)OC. The lowest BCUT2D eigenvalue weighted by Gasteiger charge is -2.18. The van der Waals surface area contributed by atoms with E-state index in [1.54, 1.807) is 6.92 Å². The maximum atomic E-state index is 11.1. The maximum absolute atomic E-state index is 11.1. The van der Waals surface area contributed by atoms with Crippen molar-refractivity contribution in [1.29, 1.82) is 0 Å². The van der Waals surface area contributed by atoms with E-state index >= 15 is 0 Å². The fourth-order valence-corrected chi connectivity index (χ4v) is 1.11. The van der Waals surface area contributed by atoms with E-state index in [0.29, 0.717) is 6.42 Å². The minimum absolute atomic E-state index is 0.188. The third-order valence-corrected chi connectivity index (χ3v) is 2.36. The minimum Gasteiger partial charge on any atom is -0.469 e. The Hall–Kier alpha value is -0.580. The Balaban J connectivity index is 4.03. The predicted molar refractivity (Wildman–Crippen MR) is 50.6 cm³/mol. The number of carbonyl (C=O) groups excluding carboxylic acids is 2. The average molecular weight is 253 g/mol. The summed E-state index contributed by atoms with van der Waals surface area (Å²) in [5.74, 6) is -0.731. The van der Waals surface area contributed by atoms with Gasteiger partial charge in [-0.25, -0.2) is 0 Å². The van der Waals surface area contributed by atoms with Crippen molar-refractivity contribution in [2.24, 2.45) is 0 Å². The second-order valence-corrected chi connectivity index (χ2v) is 4.52. The van der Waals surface area contributed by atoms with Crippen LogP contribution in [0.4, 0.5) is 0 Å². The van der Waals surface area contributed by atoms with Crippen molar-refractivity contribution in [2.45, 2.75) is 24.1 Å². The van der Waals surface area contributed by atoms with E-state index in [9.17, 15) is 9.59 Å². The summed E-state index contributed by atoms with van der Waals surface area (Å²) >= 11 is 3.18. The van der Waals surface area contributed by atoms with Gasteiger partial charge in [-0.2, -0.15) is 0 Å². The molecule has 5 heteroatoms. The number of methoxy groups -OCH3 is 2. The minimum atomic E-state index is -0.810. The van der Waals surface area contributed by atoms with E-state index in [1.807, 2.05) is 0 Å². The number of esters is 2. The van der Waals surface area contributed by atoms with Crippen molar-refractivity contribution in [3.8, 4) is 0 Å². The molecular weight excluding hydrogens is 240 g/mol. The van der Waals surface area contributed by atoms with Gasteiger partial charge in [0.15, 0.2) is 0 Å². The molecule has 1 unspecified atom stereocenters. The number of alkyl halides is 1. The van der Waals surface area contributed by atoms with E-state index in [1.165, 1.54) is 14.2 Å². The molecule has 76 valence electrons. The van der Waals surface area contributed by atoms with Gasteiger partial charge in [-0.3, -0.25) is 9.59 Å². The second-order valence-electron chi connectivity index (χ2n) is 2.77. The van der Waals surface area contributed by atoms with Crippen LogP contribution in [0, 0.1) is 0 Å². The fourth-order valence-electron chi connectivity index (χ4n) is 0.754. The van der Waals surface area contributed by atoms with Gasteiger partial charge in [0.25, 0.3) is 0 Å². The van der Waals surface area contributed by atoms with Crippen molar-refractivity contribution < 1.29 is 19.1 Å². The molecule has 0 saturated carbocycles. The zero-order valence-electron chi connectivity index (χ0n) is 7.93. The highest BCUT2D eigenvalue weighted by molar-refractivity contribution is 9.10. The Morgan fingerprint density at radius 1 is 1.31 bits per heavy atom. The van der Waals surface area contributed by atoms with Crippen LogP contribution in [-0.2, 0) is 19.1 Å². The van der Waals surface area contributed by atoms with E-state index < -0.39 is 10.3 Å². The standard InChI is InChI=1S/C8H13BrO4/c1-8(9,7(11)13-3)5-4-6(10)12-2/h4-5H2,1-3H3. The molecule has 13 heavy (non-hydrogen) atoms. The van der Waals surface area contributed by atoms with Gasteiger partial charge in [-0.1, -0.05) is 15.9 Å². The molecule has 0 bridgehead atoms. The van der Waals surface area contributed by atoms with Crippen LogP contribution in [0.15, 0.2) is 0 Å². The Bertz CT molecular complexity index is 200. The fraction of sp³-hybridized carbons (Fsp3) is 0.750. The first kappa shape index (κ1) is 12.4. The molecule has 0 aliphatic heterocycles. The first-order valence-electron chi connectivity index (χ1n) is 3.78. The van der Waals surface area contributed by atoms with Crippen molar-refractivity contribution >= 4 is 27.9 Å². The van der Waals surface area contributed by atoms with Crippen LogP contribution in [0.5, 0.6) is 0 Å². The highest BCUT2D eigenvalue weighted by atomic mass is 79.9. The van der Waals surface area contributed by atoms with Crippen molar-refractivity contribution in [2.75, 3.05) is 14.2 Å². The highest BCUT2D eigenvalue weighted by Gasteiger charge is 2.31. The molecule has 0 N–H and O–H groups in total. The molecule has 0 aliphatic rings. The second kappa shape index (κ2) is 5.21. The molecule has 0 aromatic rings. The van der Waals surface area contributed by atoms with Gasteiger partial charge in [0.1, 0.15) is 4.32 Å². The van der Waals surface area contributed by atoms with E-state index in [-0.39, 0.29) is 12.4 Å². The molecule has 0 radical (unpaired) electrons. The number of carbonyl (C=O) groups is 2. The number of ether oxygens (including phenoxy) is 2. The van der Waals surface area contributed by atoms with Gasteiger partial charge in [0.2, 0.25) is 0 Å². The number of hydrogen-bond donors (Lipinski definition) is 0. The molecule has 0 amide bonds. The molecule has 0 spiro atoms. The molecule has 4 nitrogen and oxygen atoms in total. The average Bonchev–Trinajstić information content (AvgIpc) is 2.12. The van der Waals surface area contributed by atoms with Crippen LogP contribution in [0.3, 0.4) is 0 Å². The van der Waals surface area contributed by atoms with E-state index in [2.05, 4.69) is 25.4 Å². The molecule has 0 aromatic carbocycles. The smallest absolute Gasteiger partial charge is 0.322 e. The Morgan fingerprint density at radius 3 is 2.23 bits per heavy atom. The molecule has 0 heterocycles. The Morgan fingerprint density at radius 2 is 1.85 bits per heavy atom. The first-order chi connectivity index (χ1) is 5.94. The normalized spacial score (nSPS) is 14.5. The third kappa shape index (κ3) is 4.26. The Labute approximate surface area is 85.7 Å². The Kier molecular flexibility index (Phi) is 4.98. The molecule has 0 aliphatic carbocycles. The van der Waals surface area contributed by atoms with Crippen molar-refractivity contribution in [3.63, 3.8) is 0 Å². The summed E-state index contributed by atoms with van der Waals surface area (Å²) in [6.07, 6.45) is 0.541. The molecule has 0 saturated heterocycles. The van der Waals surface area contributed by atoms with Crippen LogP contribution < -0.4 is 0 Å². The number of halogens is 1. The van der Waals surface area contributed by atoms with Crippen LogP contribution in [0.25, 0.3) is 0 Å². The maximum Gasteiger partial charge on any atom is 0.322 e. The van der Waals surface area contributed by atoms with Crippen molar-refractivity contribution in [3.05, 3.63) is 0 Å². The summed E-state index contributed by atoms with van der Waals surface area (Å²) in [6, 6.07) is 0. The third-order valence-electron chi connectivity index (χ3n) is 1.64. The quantitative estimate of drug-likeness (QED) is 0.559. The summed E-state index contributed by atoms with van der Waals surface area (Å²) in [5.41, 5.74) is 0. The summed E-state index contributed by atoms with van der Waals surface area (Å²) in [4.78, 5) is 21.9. The van der Waals surface area contributed by atoms with E-state index in [4.69, 9.17) is 0 Å². The van der Waals surface area contributed by atoms with Gasteiger partial charge >= 0.3 is 11.9 Å². The van der Waals surface area contributed by atoms with Gasteiger partial charge in [0, 0.05) is 6.42 Å². The highest BCUT2D eigenvalue weighted by Crippen LogP contribution is 2.25. The number of hydrogen-bond acceptors (Lipinski definition) is 4. The van der Waals surface area contributed by atoms with Gasteiger partial charge in [0.05, 0.1) is 14.2 Å². The zero-order valence-corrected chi connectivity index (χ0v) is 9.51. The molecule has 0 aromatic heterocycles. The van der Waals surface area contributed by atoms with Crippen LogP contribution in [-0.4, -0.2) is 30.5 Å². The van der Waals surface area contributed by atoms with Gasteiger partial charge in [-0.15, -0.1) is 0 Å². The summed E-state index contributed by atoms with van der Waals surface area (Å²) < 4.78 is 8.18. The van der Waals surface area contributed by atoms with Gasteiger partial charge in [-0.05, 0) is 13.3 Å². The van der Waals surface area contributed by atoms with Crippen molar-refractivity contribution in [1.82, 2.24) is 0 Å². The monoisotopic (exact) mass is 252 g/mol. The molecule has 0 rings (SSSR count). The van der Waals surface area contributed by atoms with E-state index in [0.717, 1.165) is 0 Å². The number of rotatable bonds is 4. The summed E-state index contributed by atoms with van der Waals surface area (Å²) in [6.45, 7) is 1.65. The lowest BCUT2D eigenvalue weighted by Crippen LogP contribution is -2.30. The molecular formula is C8H13BrO4. The van der Waals surface area contributed by atoms with Crippen LogP contribution in [0.2, 0.25) is 0 Å². The molecule has 1 atom stereocenters. The lowest BCUT2D eigenvalue weighted by molar-refractivity contribution is -0.144. The largest absolute Gasteiger partial charge is 0.469 e. The predicted octanol–water partition coefficient (Wildman–Crippen LogP) is 1.27. The summed E-state index contributed by atoms with van der Waals surface area (Å²) in [5, 5.41) is 0. The summed E-state index contributed by atoms with van der Waals surface area (Å²) in [7, 11) is 2.62. The lowest BCUT2D eigenvalue weighted by atomic mass is 10.1. The van der Waals surface area contributed by atoms with Crippen LogP contribution >= 0.6 is 15.9 Å². The zero-order chi connectivity index (χ0) is 10.5.